The van der Waals surface area contributed by atoms with Crippen LogP contribution in [0.3, 0.4) is 0 Å². The summed E-state index contributed by atoms with van der Waals surface area (Å²) >= 11 is 3.46. The highest BCUT2D eigenvalue weighted by molar-refractivity contribution is 9.10. The highest BCUT2D eigenvalue weighted by Crippen LogP contribution is 2.16. The van der Waals surface area contributed by atoms with E-state index in [2.05, 4.69) is 21.2 Å². The highest BCUT2D eigenvalue weighted by atomic mass is 79.9. The first kappa shape index (κ1) is 19.6. The maximum Gasteiger partial charge on any atom is 0.287 e. The van der Waals surface area contributed by atoms with Crippen LogP contribution in [0.4, 0.5) is 0 Å². The van der Waals surface area contributed by atoms with Crippen LogP contribution in [0.25, 0.3) is 0 Å². The van der Waals surface area contributed by atoms with E-state index >= 15 is 0 Å². The summed E-state index contributed by atoms with van der Waals surface area (Å²) in [4.78, 5) is 12.3. The van der Waals surface area contributed by atoms with Crippen molar-refractivity contribution in [2.24, 2.45) is 0 Å². The molecule has 3 rings (SSSR count). The van der Waals surface area contributed by atoms with E-state index in [1.165, 1.54) is 5.56 Å². The Morgan fingerprint density at radius 1 is 1.04 bits per heavy atom. The Bertz CT molecular complexity index is 950. The Morgan fingerprint density at radius 3 is 2.52 bits per heavy atom. The number of aryl methyl sites for hydroxylation is 1. The van der Waals surface area contributed by atoms with Gasteiger partial charge in [-0.1, -0.05) is 64.0 Å². The largest absolute Gasteiger partial charge is 0.455 e. The van der Waals surface area contributed by atoms with Crippen molar-refractivity contribution in [3.8, 4) is 0 Å². The van der Waals surface area contributed by atoms with Gasteiger partial charge >= 0.3 is 0 Å². The average Bonchev–Trinajstić information content (AvgIpc) is 3.11. The maximum absolute atomic E-state index is 12.3. The molecule has 0 aliphatic rings. The molecular formula is C21H20BrNO3S. The lowest BCUT2D eigenvalue weighted by molar-refractivity contribution is 0.0921. The van der Waals surface area contributed by atoms with Crippen LogP contribution >= 0.6 is 15.9 Å². The minimum atomic E-state index is -1.10. The predicted octanol–water partition coefficient (Wildman–Crippen LogP) is 4.73. The first-order valence-corrected chi connectivity index (χ1v) is 10.8. The topological polar surface area (TPSA) is 59.3 Å². The number of carbonyl (C=O) groups excluding carboxylic acids is 1. The first-order valence-electron chi connectivity index (χ1n) is 8.52. The molecule has 0 radical (unpaired) electrons. The Kier molecular flexibility index (Phi) is 6.63. The highest BCUT2D eigenvalue weighted by Gasteiger charge is 2.13. The molecule has 4 nitrogen and oxygen atoms in total. The van der Waals surface area contributed by atoms with E-state index in [4.69, 9.17) is 4.42 Å². The number of hydrogen-bond acceptors (Lipinski definition) is 3. The summed E-state index contributed by atoms with van der Waals surface area (Å²) in [6, 6.07) is 19.0. The molecule has 0 bridgehead atoms. The van der Waals surface area contributed by atoms with Crippen molar-refractivity contribution in [1.82, 2.24) is 5.32 Å². The predicted molar refractivity (Wildman–Crippen MR) is 111 cm³/mol. The van der Waals surface area contributed by atoms with Crippen LogP contribution in [0.2, 0.25) is 0 Å². The number of hydrogen-bond donors (Lipinski definition) is 1. The van der Waals surface area contributed by atoms with Crippen LogP contribution < -0.4 is 5.32 Å². The van der Waals surface area contributed by atoms with E-state index in [1.54, 1.807) is 12.1 Å². The van der Waals surface area contributed by atoms with E-state index in [0.717, 1.165) is 15.6 Å². The molecule has 1 heterocycles. The summed E-state index contributed by atoms with van der Waals surface area (Å²) in [5, 5.41) is 2.83. The van der Waals surface area contributed by atoms with Crippen molar-refractivity contribution in [2.45, 2.75) is 25.0 Å². The van der Waals surface area contributed by atoms with Gasteiger partial charge in [0, 0.05) is 27.6 Å². The van der Waals surface area contributed by atoms with Gasteiger partial charge in [0.2, 0.25) is 0 Å². The third-order valence-corrected chi connectivity index (χ3v) is 6.07. The molecule has 0 saturated heterocycles. The fourth-order valence-corrected chi connectivity index (χ4v) is 4.13. The summed E-state index contributed by atoms with van der Waals surface area (Å²) in [6.07, 6.45) is 0. The number of carbonyl (C=O) groups is 1. The van der Waals surface area contributed by atoms with Crippen LogP contribution in [0.5, 0.6) is 0 Å². The molecular weight excluding hydrogens is 426 g/mol. The molecule has 0 spiro atoms. The second kappa shape index (κ2) is 9.15. The molecule has 1 aromatic heterocycles. The third-order valence-electron chi connectivity index (χ3n) is 4.03. The van der Waals surface area contributed by atoms with E-state index in [1.807, 2.05) is 55.5 Å². The van der Waals surface area contributed by atoms with Crippen LogP contribution in [0.1, 0.15) is 33.0 Å². The number of benzene rings is 2. The second-order valence-electron chi connectivity index (χ2n) is 6.25. The molecule has 0 aliphatic carbocycles. The lowest BCUT2D eigenvalue weighted by Crippen LogP contribution is -2.22. The van der Waals surface area contributed by atoms with E-state index in [-0.39, 0.29) is 17.4 Å². The second-order valence-corrected chi connectivity index (χ2v) is 8.57. The maximum atomic E-state index is 12.3. The smallest absolute Gasteiger partial charge is 0.287 e. The zero-order valence-electron chi connectivity index (χ0n) is 14.9. The van der Waals surface area contributed by atoms with Gasteiger partial charge in [-0.15, -0.1) is 0 Å². The Morgan fingerprint density at radius 2 is 1.78 bits per heavy atom. The van der Waals surface area contributed by atoms with Gasteiger partial charge in [0.25, 0.3) is 5.91 Å². The fourth-order valence-electron chi connectivity index (χ4n) is 2.56. The number of amides is 1. The monoisotopic (exact) mass is 445 g/mol. The quantitative estimate of drug-likeness (QED) is 0.571. The minimum Gasteiger partial charge on any atom is -0.455 e. The van der Waals surface area contributed by atoms with Gasteiger partial charge in [0.1, 0.15) is 5.76 Å². The minimum absolute atomic E-state index is 0.226. The van der Waals surface area contributed by atoms with Gasteiger partial charge in [0.05, 0.1) is 5.75 Å². The molecule has 3 aromatic rings. The summed E-state index contributed by atoms with van der Waals surface area (Å²) < 4.78 is 18.9. The van der Waals surface area contributed by atoms with Gasteiger partial charge in [-0.3, -0.25) is 9.00 Å². The lowest BCUT2D eigenvalue weighted by Gasteiger charge is -2.05. The van der Waals surface area contributed by atoms with E-state index < -0.39 is 10.8 Å². The van der Waals surface area contributed by atoms with Crippen LogP contribution in [0, 0.1) is 6.92 Å². The van der Waals surface area contributed by atoms with Gasteiger partial charge < -0.3 is 9.73 Å². The molecule has 0 aliphatic heterocycles. The molecule has 0 unspecified atom stereocenters. The van der Waals surface area contributed by atoms with Crippen molar-refractivity contribution < 1.29 is 13.4 Å². The number of halogens is 1. The zero-order chi connectivity index (χ0) is 19.2. The Hall–Kier alpha value is -2.18. The average molecular weight is 446 g/mol. The normalized spacial score (nSPS) is 11.9. The SMILES string of the molecule is Cc1ccc(C[S@@](=O)Cc2ccc(C(=O)NCc3ccccc3Br)o2)cc1. The van der Waals surface area contributed by atoms with Crippen molar-refractivity contribution in [2.75, 3.05) is 0 Å². The van der Waals surface area contributed by atoms with E-state index in [9.17, 15) is 9.00 Å². The van der Waals surface area contributed by atoms with Crippen LogP contribution in [0.15, 0.2) is 69.6 Å². The van der Waals surface area contributed by atoms with Gasteiger partial charge in [-0.2, -0.15) is 0 Å². The van der Waals surface area contributed by atoms with Crippen LogP contribution in [-0.2, 0) is 28.9 Å². The summed E-state index contributed by atoms with van der Waals surface area (Å²) in [7, 11) is -1.10. The number of furan rings is 1. The van der Waals surface area contributed by atoms with Crippen LogP contribution in [-0.4, -0.2) is 10.1 Å². The van der Waals surface area contributed by atoms with Crippen molar-refractivity contribution in [3.63, 3.8) is 0 Å². The fraction of sp³-hybridized carbons (Fsp3) is 0.190. The Labute approximate surface area is 169 Å². The molecule has 1 N–H and O–H groups in total. The molecule has 0 saturated carbocycles. The molecule has 1 atom stereocenters. The molecule has 0 fully saturated rings. The van der Waals surface area contributed by atoms with Gasteiger partial charge in [-0.25, -0.2) is 0 Å². The Balaban J connectivity index is 1.54. The number of rotatable bonds is 7. The molecule has 2 aromatic carbocycles. The van der Waals surface area contributed by atoms with Crippen molar-refractivity contribution >= 4 is 32.6 Å². The van der Waals surface area contributed by atoms with Crippen molar-refractivity contribution in [3.05, 3.63) is 93.3 Å². The lowest BCUT2D eigenvalue weighted by atomic mass is 10.2. The standard InChI is InChI=1S/C21H20BrNO3S/c1-15-6-8-16(9-7-15)13-27(25)14-18-10-11-20(26-18)21(24)23-12-17-4-2-3-5-19(17)22/h2-11H,12-14H2,1H3,(H,23,24)/t27-/m1/s1. The number of nitrogens with one attached hydrogen (secondary N) is 1. The zero-order valence-corrected chi connectivity index (χ0v) is 17.3. The summed E-state index contributed by atoms with van der Waals surface area (Å²) in [5.74, 6) is 1.23. The van der Waals surface area contributed by atoms with Gasteiger partial charge in [0.15, 0.2) is 5.76 Å². The summed E-state index contributed by atoms with van der Waals surface area (Å²) in [6.45, 7) is 2.42. The summed E-state index contributed by atoms with van der Waals surface area (Å²) in [5.41, 5.74) is 3.18. The molecule has 27 heavy (non-hydrogen) atoms. The molecule has 6 heteroatoms. The molecule has 1 amide bonds. The first-order chi connectivity index (χ1) is 13.0. The third kappa shape index (κ3) is 5.65. The van der Waals surface area contributed by atoms with E-state index in [0.29, 0.717) is 18.1 Å². The van der Waals surface area contributed by atoms with Crippen molar-refractivity contribution in [1.29, 1.82) is 0 Å². The molecule has 140 valence electrons. The van der Waals surface area contributed by atoms with Gasteiger partial charge in [-0.05, 0) is 36.2 Å².